The Bertz CT molecular complexity index is 2230. The van der Waals surface area contributed by atoms with Gasteiger partial charge in [0.2, 0.25) is 6.20 Å². The summed E-state index contributed by atoms with van der Waals surface area (Å²) >= 11 is 20.0. The van der Waals surface area contributed by atoms with Crippen LogP contribution in [0.15, 0.2) is 91.4 Å². The van der Waals surface area contributed by atoms with E-state index in [2.05, 4.69) is 177 Å². The van der Waals surface area contributed by atoms with Crippen molar-refractivity contribution >= 4 is 50.5 Å². The molecular formula is C40H40Cl4N4O2P+. The van der Waals surface area contributed by atoms with Gasteiger partial charge in [-0.25, -0.2) is 4.98 Å². The predicted molar refractivity (Wildman–Crippen MR) is 216 cm³/mol. The summed E-state index contributed by atoms with van der Waals surface area (Å²) in [6.07, 6.45) is 4.81. The van der Waals surface area contributed by atoms with Gasteiger partial charge in [0.15, 0.2) is 0 Å². The Morgan fingerprint density at radius 3 is 1.33 bits per heavy atom. The quantitative estimate of drug-likeness (QED) is 0.143. The van der Waals surface area contributed by atoms with Crippen molar-refractivity contribution in [3.05, 3.63) is 146 Å². The lowest BCUT2D eigenvalue weighted by atomic mass is 9.98. The topological polar surface area (TPSA) is 81.6 Å². The van der Waals surface area contributed by atoms with Crippen molar-refractivity contribution in [1.82, 2.24) is 15.0 Å². The number of aromatic amines is 1. The van der Waals surface area contributed by atoms with E-state index >= 15 is 0 Å². The van der Waals surface area contributed by atoms with Crippen LogP contribution in [0, 0.1) is 60.3 Å². The fourth-order valence-electron chi connectivity index (χ4n) is 6.17. The van der Waals surface area contributed by atoms with Gasteiger partial charge >= 0.3 is 5.20 Å². The van der Waals surface area contributed by atoms with E-state index in [1.54, 1.807) is 12.4 Å². The first-order valence-electron chi connectivity index (χ1n) is 16.1. The smallest absolute Gasteiger partial charge is 0.339 e. The van der Waals surface area contributed by atoms with E-state index in [1.807, 2.05) is 0 Å². The molecule has 11 heteroatoms. The minimum Gasteiger partial charge on any atom is -0.350 e. The van der Waals surface area contributed by atoms with Gasteiger partial charge in [0.05, 0.1) is 33.8 Å². The summed E-state index contributed by atoms with van der Waals surface area (Å²) in [7, 11) is 0. The molecule has 0 aliphatic heterocycles. The van der Waals surface area contributed by atoms with Crippen LogP contribution in [-0.4, -0.2) is 15.0 Å². The van der Waals surface area contributed by atoms with Crippen LogP contribution >= 0.6 is 50.5 Å². The Kier molecular flexibility index (Phi) is 13.5. The number of aryl methyl sites for hydroxylation is 8. The number of hydrogen-bond acceptors (Lipinski definition) is 4. The number of aromatic nitrogens is 4. The summed E-state index contributed by atoms with van der Waals surface area (Å²) in [6, 6.07) is 25.4. The minimum atomic E-state index is -3.22. The monoisotopic (exact) mass is 779 g/mol. The summed E-state index contributed by atoms with van der Waals surface area (Å²) in [5.41, 5.74) is 16.8. The molecule has 51 heavy (non-hydrogen) atoms. The van der Waals surface area contributed by atoms with E-state index in [9.17, 15) is 9.47 Å². The second-order valence-electron chi connectivity index (χ2n) is 12.8. The Morgan fingerprint density at radius 1 is 0.569 bits per heavy atom. The Morgan fingerprint density at radius 2 is 0.922 bits per heavy atom. The number of nitrogens with one attached hydrogen (secondary N) is 1. The molecule has 0 spiro atoms. The summed E-state index contributed by atoms with van der Waals surface area (Å²) < 4.78 is 10.5. The van der Waals surface area contributed by atoms with Crippen molar-refractivity contribution in [2.45, 2.75) is 55.4 Å². The second-order valence-corrected chi connectivity index (χ2v) is 19.8. The van der Waals surface area contributed by atoms with Crippen molar-refractivity contribution in [2.24, 2.45) is 0 Å². The standard InChI is InChI=1S/C20H19ClN2.C20H21N2O.Cl3OP/c1-12-5-13(2)8-16(7-12)19-20(23-18(21)11-22-19)17-9-14(3)6-15(4)10-17;1-13-7-14(2)10-17(9-13)19-20(22(23)6-5-21-19)18-11-15(3)8-16(4)12-18;1-5(2,3)4/h5-11H,1-4H3;5-12H,1-4H3,(H,21,23);/q;+1;. The number of H-pyrrole nitrogens is 1. The molecule has 2 heterocycles. The molecule has 1 N–H and O–H groups in total. The van der Waals surface area contributed by atoms with Gasteiger partial charge < -0.3 is 4.98 Å². The van der Waals surface area contributed by atoms with E-state index in [4.69, 9.17) is 11.6 Å². The zero-order chi connectivity index (χ0) is 37.6. The number of nitrogens with zero attached hydrogens (tertiary/aromatic N) is 3. The Hall–Kier alpha value is -3.77. The minimum absolute atomic E-state index is 0.410. The van der Waals surface area contributed by atoms with Crippen molar-refractivity contribution < 1.29 is 8.99 Å². The summed E-state index contributed by atoms with van der Waals surface area (Å²) in [6.45, 7) is 16.6. The van der Waals surface area contributed by atoms with Gasteiger partial charge in [0.25, 0.3) is 5.69 Å². The van der Waals surface area contributed by atoms with Crippen molar-refractivity contribution in [2.75, 3.05) is 0 Å². The average molecular weight is 782 g/mol. The van der Waals surface area contributed by atoms with Gasteiger partial charge in [0, 0.05) is 21.6 Å². The molecule has 0 saturated carbocycles. The molecule has 0 fully saturated rings. The number of hydrogen-bond donors (Lipinski definition) is 1. The predicted octanol–water partition coefficient (Wildman–Crippen LogP) is 13.0. The molecule has 0 amide bonds. The third kappa shape index (κ3) is 11.9. The Labute approximate surface area is 319 Å². The maximum Gasteiger partial charge on any atom is 0.339 e. The van der Waals surface area contributed by atoms with Crippen LogP contribution in [0.3, 0.4) is 0 Å². The highest BCUT2D eigenvalue weighted by Crippen LogP contribution is 2.61. The number of halogens is 4. The lowest BCUT2D eigenvalue weighted by Gasteiger charge is -2.11. The van der Waals surface area contributed by atoms with Gasteiger partial charge in [0.1, 0.15) is 10.8 Å². The largest absolute Gasteiger partial charge is 0.350 e. The van der Waals surface area contributed by atoms with E-state index in [1.165, 1.54) is 39.6 Å². The van der Waals surface area contributed by atoms with Gasteiger partial charge in [-0.15, -0.1) is 0 Å². The molecule has 6 nitrogen and oxygen atoms in total. The first kappa shape index (κ1) is 40.0. The summed E-state index contributed by atoms with van der Waals surface area (Å²) in [5, 5.41) is -2.81. The van der Waals surface area contributed by atoms with Crippen LogP contribution in [0.5, 0.6) is 0 Å². The van der Waals surface area contributed by atoms with Crippen LogP contribution in [-0.2, 0) is 4.57 Å². The molecule has 0 bridgehead atoms. The third-order valence-electron chi connectivity index (χ3n) is 7.63. The molecule has 0 saturated heterocycles. The van der Waals surface area contributed by atoms with E-state index in [-0.39, 0.29) is 0 Å². The van der Waals surface area contributed by atoms with Crippen molar-refractivity contribution in [3.63, 3.8) is 0 Å². The molecule has 0 aliphatic carbocycles. The van der Waals surface area contributed by atoms with Gasteiger partial charge in [-0.1, -0.05) is 80.4 Å². The van der Waals surface area contributed by atoms with Crippen molar-refractivity contribution in [3.8, 4) is 45.0 Å². The highest BCUT2D eigenvalue weighted by molar-refractivity contribution is 8.24. The molecule has 0 aliphatic rings. The highest BCUT2D eigenvalue weighted by Gasteiger charge is 2.21. The molecule has 0 radical (unpaired) electrons. The van der Waals surface area contributed by atoms with Crippen LogP contribution in [0.25, 0.3) is 45.0 Å². The van der Waals surface area contributed by atoms with Gasteiger partial charge in [-0.05, 0) is 138 Å². The zero-order valence-corrected chi connectivity index (χ0v) is 33.7. The van der Waals surface area contributed by atoms with Gasteiger partial charge in [-0.3, -0.25) is 9.55 Å². The summed E-state index contributed by atoms with van der Waals surface area (Å²) in [5.74, 6) is 0. The molecular weight excluding hydrogens is 741 g/mol. The average Bonchev–Trinajstić information content (AvgIpc) is 2.98. The van der Waals surface area contributed by atoms with E-state index in [0.717, 1.165) is 54.9 Å². The van der Waals surface area contributed by atoms with E-state index < -0.39 is 5.20 Å². The first-order chi connectivity index (χ1) is 23.9. The molecule has 264 valence electrons. The zero-order valence-electron chi connectivity index (χ0n) is 29.8. The van der Waals surface area contributed by atoms with E-state index in [0.29, 0.717) is 10.8 Å². The molecule has 0 atom stereocenters. The maximum absolute atomic E-state index is 12.5. The second kappa shape index (κ2) is 17.2. The lowest BCUT2D eigenvalue weighted by Crippen LogP contribution is -2.19. The SMILES string of the molecule is Cc1cc(C)cc(-c2[nH]cc[n+](=O)c2-c2cc(C)cc(C)c2)c1.Cc1cc(C)cc(-c2ncc(Cl)nc2-c2cc(C)cc(C)c2)c1.O=P(Cl)(Cl)Cl. The van der Waals surface area contributed by atoms with Crippen LogP contribution in [0.1, 0.15) is 44.5 Å². The highest BCUT2D eigenvalue weighted by atomic mass is 36.0. The van der Waals surface area contributed by atoms with Crippen LogP contribution in [0.4, 0.5) is 0 Å². The first-order valence-corrected chi connectivity index (χ1v) is 20.9. The van der Waals surface area contributed by atoms with Crippen LogP contribution in [0.2, 0.25) is 5.15 Å². The fraction of sp³-hybridized carbons (Fsp3) is 0.200. The van der Waals surface area contributed by atoms with Crippen molar-refractivity contribution in [1.29, 1.82) is 0 Å². The normalized spacial score (nSPS) is 10.9. The Balaban J connectivity index is 0.000000202. The molecule has 4 aromatic carbocycles. The van der Waals surface area contributed by atoms with Crippen LogP contribution < -0.4 is 4.43 Å². The molecule has 6 aromatic rings. The lowest BCUT2D eigenvalue weighted by molar-refractivity contribution is -0.482. The molecule has 2 aromatic heterocycles. The third-order valence-corrected chi connectivity index (χ3v) is 7.82. The maximum atomic E-state index is 12.5. The summed E-state index contributed by atoms with van der Waals surface area (Å²) in [4.78, 5) is 24.9. The van der Waals surface area contributed by atoms with Gasteiger partial charge in [-0.2, -0.15) is 0 Å². The fourth-order valence-corrected chi connectivity index (χ4v) is 6.30. The number of benzene rings is 4. The molecule has 6 rings (SSSR count). The number of rotatable bonds is 4. The molecule has 0 unspecified atom stereocenters.